The molecule has 0 saturated carbocycles. The van der Waals surface area contributed by atoms with Gasteiger partial charge in [0.05, 0.1) is 12.6 Å². The molecule has 2 rings (SSSR count). The lowest BCUT2D eigenvalue weighted by Crippen LogP contribution is -2.51. The second-order valence-corrected chi connectivity index (χ2v) is 6.31. The van der Waals surface area contributed by atoms with Crippen LogP contribution in [-0.4, -0.2) is 55.0 Å². The summed E-state index contributed by atoms with van der Waals surface area (Å²) in [6.07, 6.45) is 0. The number of hydrogen-bond donors (Lipinski definition) is 1. The standard InChI is InChI=1S/C16H24ClN3O.2ClH/c1-12(2)19(3)11-16(21)20-8-7-18-10-15(20)13-5-4-6-14(17)9-13;;/h4-6,9,12,15,18H,7-8,10-11H2,1-3H3;2*1H. The van der Waals surface area contributed by atoms with Gasteiger partial charge in [0.2, 0.25) is 5.91 Å². The number of benzene rings is 1. The topological polar surface area (TPSA) is 35.6 Å². The molecule has 1 aromatic rings. The third kappa shape index (κ3) is 6.12. The number of nitrogens with one attached hydrogen (secondary N) is 1. The highest BCUT2D eigenvalue weighted by Crippen LogP contribution is 2.24. The van der Waals surface area contributed by atoms with Gasteiger partial charge >= 0.3 is 0 Å². The van der Waals surface area contributed by atoms with E-state index in [1.165, 1.54) is 0 Å². The lowest BCUT2D eigenvalue weighted by atomic mass is 10.0. The molecule has 1 aliphatic rings. The van der Waals surface area contributed by atoms with Crippen molar-refractivity contribution in [3.8, 4) is 0 Å². The van der Waals surface area contributed by atoms with Crippen molar-refractivity contribution in [3.63, 3.8) is 0 Å². The van der Waals surface area contributed by atoms with E-state index in [0.717, 1.165) is 25.2 Å². The molecule has 4 nitrogen and oxygen atoms in total. The number of rotatable bonds is 4. The van der Waals surface area contributed by atoms with Gasteiger partial charge in [0.15, 0.2) is 0 Å². The Morgan fingerprint density at radius 3 is 2.74 bits per heavy atom. The van der Waals surface area contributed by atoms with E-state index in [-0.39, 0.29) is 36.8 Å². The average Bonchev–Trinajstić information content (AvgIpc) is 2.47. The average molecular weight is 383 g/mol. The number of likely N-dealkylation sites (N-methyl/N-ethyl adjacent to an activating group) is 1. The minimum absolute atomic E-state index is 0. The molecule has 1 N–H and O–H groups in total. The number of carbonyl (C=O) groups excluding carboxylic acids is 1. The molecule has 0 radical (unpaired) electrons. The molecule has 132 valence electrons. The number of amides is 1. The summed E-state index contributed by atoms with van der Waals surface area (Å²) in [6, 6.07) is 8.21. The smallest absolute Gasteiger partial charge is 0.237 e. The van der Waals surface area contributed by atoms with Gasteiger partial charge in [-0.15, -0.1) is 24.8 Å². The molecule has 1 amide bonds. The predicted octanol–water partition coefficient (Wildman–Crippen LogP) is 3.00. The first kappa shape index (κ1) is 22.5. The van der Waals surface area contributed by atoms with Crippen LogP contribution in [0.1, 0.15) is 25.5 Å². The zero-order chi connectivity index (χ0) is 15.4. The third-order valence-corrected chi connectivity index (χ3v) is 4.30. The molecule has 1 fully saturated rings. The van der Waals surface area contributed by atoms with Crippen molar-refractivity contribution in [3.05, 3.63) is 34.9 Å². The Hall–Kier alpha value is -0.520. The van der Waals surface area contributed by atoms with Crippen molar-refractivity contribution in [1.82, 2.24) is 15.1 Å². The van der Waals surface area contributed by atoms with Crippen molar-refractivity contribution in [2.24, 2.45) is 0 Å². The van der Waals surface area contributed by atoms with Gasteiger partial charge in [-0.1, -0.05) is 23.7 Å². The quantitative estimate of drug-likeness (QED) is 0.869. The molecule has 1 aromatic carbocycles. The number of carbonyl (C=O) groups is 1. The first-order valence-corrected chi connectivity index (χ1v) is 7.82. The highest BCUT2D eigenvalue weighted by atomic mass is 35.5. The highest BCUT2D eigenvalue weighted by Gasteiger charge is 2.28. The van der Waals surface area contributed by atoms with E-state index >= 15 is 0 Å². The Morgan fingerprint density at radius 2 is 2.13 bits per heavy atom. The fourth-order valence-corrected chi connectivity index (χ4v) is 2.70. The first-order chi connectivity index (χ1) is 9.99. The summed E-state index contributed by atoms with van der Waals surface area (Å²) in [5.74, 6) is 0.178. The third-order valence-electron chi connectivity index (χ3n) is 4.06. The molecule has 1 unspecified atom stereocenters. The second-order valence-electron chi connectivity index (χ2n) is 5.87. The Kier molecular flexibility index (Phi) is 10.1. The lowest BCUT2D eigenvalue weighted by Gasteiger charge is -2.38. The Balaban J connectivity index is 0.00000242. The molecule has 0 spiro atoms. The van der Waals surface area contributed by atoms with Crippen LogP contribution in [0, 0.1) is 0 Å². The molecule has 23 heavy (non-hydrogen) atoms. The maximum Gasteiger partial charge on any atom is 0.237 e. The molecular formula is C16H26Cl3N3O. The van der Waals surface area contributed by atoms with E-state index in [1.54, 1.807) is 0 Å². The van der Waals surface area contributed by atoms with E-state index in [2.05, 4.69) is 24.1 Å². The maximum atomic E-state index is 12.6. The summed E-state index contributed by atoms with van der Waals surface area (Å²) in [5, 5.41) is 4.08. The van der Waals surface area contributed by atoms with Crippen LogP contribution >= 0.6 is 36.4 Å². The molecule has 0 bridgehead atoms. The summed E-state index contributed by atoms with van der Waals surface area (Å²) in [5.41, 5.74) is 1.09. The molecule has 1 aliphatic heterocycles. The Morgan fingerprint density at radius 1 is 1.43 bits per heavy atom. The van der Waals surface area contributed by atoms with E-state index in [4.69, 9.17) is 11.6 Å². The van der Waals surface area contributed by atoms with Gasteiger partial charge in [-0.25, -0.2) is 0 Å². The van der Waals surface area contributed by atoms with E-state index in [1.807, 2.05) is 36.2 Å². The SMILES string of the molecule is CC(C)N(C)CC(=O)N1CCNCC1c1cccc(Cl)c1.Cl.Cl. The zero-order valence-electron chi connectivity index (χ0n) is 13.8. The highest BCUT2D eigenvalue weighted by molar-refractivity contribution is 6.30. The van der Waals surface area contributed by atoms with Crippen molar-refractivity contribution in [2.75, 3.05) is 33.2 Å². The molecule has 1 saturated heterocycles. The van der Waals surface area contributed by atoms with Gasteiger partial charge in [-0.2, -0.15) is 0 Å². The summed E-state index contributed by atoms with van der Waals surface area (Å²) in [6.45, 7) is 7.00. The van der Waals surface area contributed by atoms with Crippen molar-refractivity contribution < 1.29 is 4.79 Å². The fourth-order valence-electron chi connectivity index (χ4n) is 2.50. The van der Waals surface area contributed by atoms with Crippen molar-refractivity contribution >= 4 is 42.3 Å². The van der Waals surface area contributed by atoms with Gasteiger partial charge in [0.1, 0.15) is 0 Å². The van der Waals surface area contributed by atoms with E-state index in [0.29, 0.717) is 17.6 Å². The minimum atomic E-state index is 0. The molecule has 1 atom stereocenters. The molecule has 7 heteroatoms. The van der Waals surface area contributed by atoms with Crippen LogP contribution in [0.2, 0.25) is 5.02 Å². The zero-order valence-corrected chi connectivity index (χ0v) is 16.2. The Bertz CT molecular complexity index is 499. The van der Waals surface area contributed by atoms with Crippen LogP contribution in [-0.2, 0) is 4.79 Å². The van der Waals surface area contributed by atoms with Gasteiger partial charge < -0.3 is 10.2 Å². The number of nitrogens with zero attached hydrogens (tertiary/aromatic N) is 2. The fraction of sp³-hybridized carbons (Fsp3) is 0.562. The van der Waals surface area contributed by atoms with E-state index in [9.17, 15) is 4.79 Å². The largest absolute Gasteiger partial charge is 0.332 e. The minimum Gasteiger partial charge on any atom is -0.332 e. The summed E-state index contributed by atoms with van der Waals surface area (Å²) in [4.78, 5) is 16.6. The van der Waals surface area contributed by atoms with Crippen LogP contribution in [0.15, 0.2) is 24.3 Å². The normalized spacial score (nSPS) is 17.7. The van der Waals surface area contributed by atoms with Crippen LogP contribution in [0.4, 0.5) is 0 Å². The summed E-state index contributed by atoms with van der Waals surface area (Å²) < 4.78 is 0. The van der Waals surface area contributed by atoms with Crippen molar-refractivity contribution in [2.45, 2.75) is 25.9 Å². The molecule has 0 aromatic heterocycles. The maximum absolute atomic E-state index is 12.6. The lowest BCUT2D eigenvalue weighted by molar-refractivity contribution is -0.135. The Labute approximate surface area is 156 Å². The van der Waals surface area contributed by atoms with E-state index < -0.39 is 0 Å². The second kappa shape index (κ2) is 10.4. The van der Waals surface area contributed by atoms with Crippen LogP contribution < -0.4 is 5.32 Å². The number of halogens is 3. The van der Waals surface area contributed by atoms with Crippen LogP contribution in [0.3, 0.4) is 0 Å². The monoisotopic (exact) mass is 381 g/mol. The van der Waals surface area contributed by atoms with Gasteiger partial charge in [-0.05, 0) is 38.6 Å². The molecule has 0 aliphatic carbocycles. The van der Waals surface area contributed by atoms with Crippen LogP contribution in [0.25, 0.3) is 0 Å². The number of piperazine rings is 1. The molecule has 1 heterocycles. The van der Waals surface area contributed by atoms with Gasteiger partial charge in [-0.3, -0.25) is 9.69 Å². The summed E-state index contributed by atoms with van der Waals surface area (Å²) in [7, 11) is 1.99. The number of hydrogen-bond acceptors (Lipinski definition) is 3. The van der Waals surface area contributed by atoms with Crippen LogP contribution in [0.5, 0.6) is 0 Å². The molecular weight excluding hydrogens is 357 g/mol. The van der Waals surface area contributed by atoms with Gasteiger partial charge in [0.25, 0.3) is 0 Å². The predicted molar refractivity (Wildman–Crippen MR) is 101 cm³/mol. The van der Waals surface area contributed by atoms with Crippen molar-refractivity contribution in [1.29, 1.82) is 0 Å². The summed E-state index contributed by atoms with van der Waals surface area (Å²) >= 11 is 6.09. The first-order valence-electron chi connectivity index (χ1n) is 7.45. The van der Waals surface area contributed by atoms with Gasteiger partial charge in [0, 0.05) is 30.7 Å².